The maximum atomic E-state index is 13.8. The highest BCUT2D eigenvalue weighted by Gasteiger charge is 2.53. The Kier molecular flexibility index (Phi) is 7.11. The van der Waals surface area contributed by atoms with Gasteiger partial charge in [-0.3, -0.25) is 4.90 Å². The highest BCUT2D eigenvalue weighted by molar-refractivity contribution is 5.87. The third-order valence-electron chi connectivity index (χ3n) is 7.20. The summed E-state index contributed by atoms with van der Waals surface area (Å²) in [6.07, 6.45) is -0.192. The SMILES string of the molecule is CC.Cc1cc(N(CC23CCC(c4nc(C5CC5)no4)=C(C2)C3)C(=O)OC(C)(C)C(F)(F)F)ncc1F. The van der Waals surface area contributed by atoms with Gasteiger partial charge in [-0.1, -0.05) is 24.6 Å². The van der Waals surface area contributed by atoms with Gasteiger partial charge >= 0.3 is 12.3 Å². The predicted octanol–water partition coefficient (Wildman–Crippen LogP) is 7.13. The molecule has 0 aliphatic heterocycles. The van der Waals surface area contributed by atoms with E-state index in [0.29, 0.717) is 37.5 Å². The molecule has 0 atom stereocenters. The molecule has 2 saturated carbocycles. The number of carbonyl (C=O) groups excluding carboxylic acids is 1. The first-order chi connectivity index (χ1) is 17.4. The summed E-state index contributed by atoms with van der Waals surface area (Å²) in [4.78, 5) is 22.6. The molecule has 0 aromatic carbocycles. The molecule has 2 heterocycles. The zero-order valence-electron chi connectivity index (χ0n) is 21.7. The van der Waals surface area contributed by atoms with Gasteiger partial charge in [0.2, 0.25) is 5.60 Å². The normalized spacial score (nSPS) is 18.5. The van der Waals surface area contributed by atoms with Crippen LogP contribution in [0.3, 0.4) is 0 Å². The number of halogens is 4. The number of allylic oxidation sites excluding steroid dienone is 2. The number of alkyl halides is 3. The predicted molar refractivity (Wildman–Crippen MR) is 128 cm³/mol. The number of hydrogen-bond donors (Lipinski definition) is 0. The maximum absolute atomic E-state index is 13.8. The number of nitrogens with zero attached hydrogens (tertiary/aromatic N) is 4. The van der Waals surface area contributed by atoms with Crippen molar-refractivity contribution in [1.29, 1.82) is 0 Å². The molecule has 2 bridgehead atoms. The zero-order valence-corrected chi connectivity index (χ0v) is 21.7. The van der Waals surface area contributed by atoms with E-state index >= 15 is 0 Å². The van der Waals surface area contributed by atoms with E-state index in [1.54, 1.807) is 0 Å². The molecule has 0 radical (unpaired) electrons. The zero-order chi connectivity index (χ0) is 27.2. The van der Waals surface area contributed by atoms with Crippen LogP contribution in [0.1, 0.15) is 89.4 Å². The number of amides is 1. The van der Waals surface area contributed by atoms with Crippen molar-refractivity contribution in [3.05, 3.63) is 40.9 Å². The van der Waals surface area contributed by atoms with Crippen LogP contribution < -0.4 is 4.90 Å². The van der Waals surface area contributed by atoms with Crippen molar-refractivity contribution in [2.75, 3.05) is 11.4 Å². The van der Waals surface area contributed by atoms with Crippen LogP contribution in [-0.4, -0.2) is 39.5 Å². The van der Waals surface area contributed by atoms with E-state index in [2.05, 4.69) is 15.1 Å². The summed E-state index contributed by atoms with van der Waals surface area (Å²) in [6.45, 7) is 7.19. The second-order valence-electron chi connectivity index (χ2n) is 10.4. The van der Waals surface area contributed by atoms with Crippen molar-refractivity contribution < 1.29 is 31.6 Å². The van der Waals surface area contributed by atoms with Crippen molar-refractivity contribution in [3.8, 4) is 0 Å². The summed E-state index contributed by atoms with van der Waals surface area (Å²) in [5, 5.41) is 4.08. The van der Waals surface area contributed by atoms with E-state index in [4.69, 9.17) is 9.26 Å². The number of rotatable bonds is 6. The van der Waals surface area contributed by atoms with Gasteiger partial charge in [0, 0.05) is 18.0 Å². The summed E-state index contributed by atoms with van der Waals surface area (Å²) in [5.41, 5.74) is -0.646. The number of hydrogen-bond acceptors (Lipinski definition) is 6. The lowest BCUT2D eigenvalue weighted by atomic mass is 9.57. The van der Waals surface area contributed by atoms with Crippen molar-refractivity contribution >= 4 is 17.5 Å². The van der Waals surface area contributed by atoms with Gasteiger partial charge in [-0.05, 0) is 76.3 Å². The Balaban J connectivity index is 0.00000156. The molecule has 0 N–H and O–H groups in total. The molecule has 2 aromatic rings. The van der Waals surface area contributed by atoms with Gasteiger partial charge in [0.1, 0.15) is 11.6 Å². The number of fused-ring (bicyclic) bond motifs is 2. The van der Waals surface area contributed by atoms with Crippen LogP contribution in [0.2, 0.25) is 0 Å². The topological polar surface area (TPSA) is 81.4 Å². The van der Waals surface area contributed by atoms with Crippen molar-refractivity contribution in [1.82, 2.24) is 15.1 Å². The molecule has 0 saturated heterocycles. The highest BCUT2D eigenvalue weighted by Crippen LogP contribution is 2.57. The summed E-state index contributed by atoms with van der Waals surface area (Å²) >= 11 is 0. The van der Waals surface area contributed by atoms with Gasteiger partial charge in [0.25, 0.3) is 5.89 Å². The number of carbonyl (C=O) groups is 1. The maximum Gasteiger partial charge on any atom is 0.427 e. The number of pyridine rings is 1. The van der Waals surface area contributed by atoms with Crippen LogP contribution in [0.4, 0.5) is 28.2 Å². The average molecular weight is 525 g/mol. The summed E-state index contributed by atoms with van der Waals surface area (Å²) < 4.78 is 64.4. The molecule has 1 amide bonds. The molecule has 4 aliphatic carbocycles. The Morgan fingerprint density at radius 1 is 1.24 bits per heavy atom. The van der Waals surface area contributed by atoms with Crippen molar-refractivity contribution in [3.63, 3.8) is 0 Å². The first kappa shape index (κ1) is 27.1. The van der Waals surface area contributed by atoms with Crippen LogP contribution >= 0.6 is 0 Å². The Morgan fingerprint density at radius 3 is 2.46 bits per heavy atom. The lowest BCUT2D eigenvalue weighted by Gasteiger charge is -2.50. The molecule has 0 unspecified atom stereocenters. The molecular formula is C26H32F4N4O3. The minimum absolute atomic E-state index is 0.0513. The molecule has 202 valence electrons. The number of aryl methyl sites for hydroxylation is 1. The average Bonchev–Trinajstić information content (AvgIpc) is 3.56. The summed E-state index contributed by atoms with van der Waals surface area (Å²) in [5.74, 6) is 1.14. The van der Waals surface area contributed by atoms with Crippen LogP contribution in [0.15, 0.2) is 22.4 Å². The largest absolute Gasteiger partial charge is 0.433 e. The van der Waals surface area contributed by atoms with Crippen molar-refractivity contribution in [2.24, 2.45) is 5.41 Å². The van der Waals surface area contributed by atoms with E-state index in [1.165, 1.54) is 13.0 Å². The second-order valence-corrected chi connectivity index (χ2v) is 10.4. The second kappa shape index (κ2) is 9.72. The molecule has 0 spiro atoms. The van der Waals surface area contributed by atoms with Gasteiger partial charge < -0.3 is 9.26 Å². The van der Waals surface area contributed by atoms with E-state index in [9.17, 15) is 22.4 Å². The Bertz CT molecular complexity index is 1190. The fourth-order valence-corrected chi connectivity index (χ4v) is 4.70. The van der Waals surface area contributed by atoms with Crippen LogP contribution in [0.5, 0.6) is 0 Å². The van der Waals surface area contributed by atoms with Gasteiger partial charge in [-0.15, -0.1) is 0 Å². The fourth-order valence-electron chi connectivity index (χ4n) is 4.70. The minimum atomic E-state index is -4.76. The highest BCUT2D eigenvalue weighted by atomic mass is 19.4. The van der Waals surface area contributed by atoms with Gasteiger partial charge in [0.05, 0.1) is 6.20 Å². The molecule has 6 rings (SSSR count). The molecule has 37 heavy (non-hydrogen) atoms. The van der Waals surface area contributed by atoms with Crippen molar-refractivity contribution in [2.45, 2.75) is 90.8 Å². The Labute approximate surface area is 213 Å². The van der Waals surface area contributed by atoms with Crippen LogP contribution in [-0.2, 0) is 4.74 Å². The molecule has 7 nitrogen and oxygen atoms in total. The quantitative estimate of drug-likeness (QED) is 0.374. The van der Waals surface area contributed by atoms with Gasteiger partial charge in [-0.25, -0.2) is 14.2 Å². The van der Waals surface area contributed by atoms with E-state index in [0.717, 1.165) is 54.8 Å². The summed E-state index contributed by atoms with van der Waals surface area (Å²) in [6, 6.07) is 1.34. The molecule has 2 fully saturated rings. The van der Waals surface area contributed by atoms with E-state index in [1.807, 2.05) is 13.8 Å². The molecule has 4 aliphatic rings. The third kappa shape index (κ3) is 5.36. The fraction of sp³-hybridized carbons (Fsp3) is 0.615. The first-order valence-corrected chi connectivity index (χ1v) is 12.6. The van der Waals surface area contributed by atoms with E-state index in [-0.39, 0.29) is 23.3 Å². The first-order valence-electron chi connectivity index (χ1n) is 12.6. The molecular weight excluding hydrogens is 492 g/mol. The third-order valence-corrected chi connectivity index (χ3v) is 7.20. The standard InChI is InChI=1S/C24H26F4N4O3.C2H6/c1-13-8-18(29-11-17(13)25)32(21(33)34-22(2,3)24(26,27)28)12-23-7-6-16(15(9-23)10-23)20-30-19(31-35-20)14-4-5-14;1-2/h8,11,14H,4-7,9-10,12H2,1-3H3;1-2H3. The van der Waals surface area contributed by atoms with Crippen LogP contribution in [0.25, 0.3) is 5.57 Å². The smallest absolute Gasteiger partial charge is 0.427 e. The molecule has 2 aromatic heterocycles. The minimum Gasteiger partial charge on any atom is -0.433 e. The number of anilines is 1. The summed E-state index contributed by atoms with van der Waals surface area (Å²) in [7, 11) is 0. The van der Waals surface area contributed by atoms with E-state index < -0.39 is 23.7 Å². The van der Waals surface area contributed by atoms with Crippen LogP contribution in [0, 0.1) is 18.2 Å². The monoisotopic (exact) mass is 524 g/mol. The van der Waals surface area contributed by atoms with Gasteiger partial charge in [-0.2, -0.15) is 18.2 Å². The lowest BCUT2D eigenvalue weighted by molar-refractivity contribution is -0.243. The Morgan fingerprint density at radius 2 is 1.92 bits per heavy atom. The van der Waals surface area contributed by atoms with Gasteiger partial charge in [0.15, 0.2) is 5.82 Å². The number of ether oxygens (including phenoxy) is 1. The number of aromatic nitrogens is 3. The molecule has 11 heteroatoms. The lowest BCUT2D eigenvalue weighted by Crippen LogP contribution is -2.52. The Hall–Kier alpha value is -2.98.